The number of benzene rings is 2. The molecule has 134 valence electrons. The first kappa shape index (κ1) is 17.0. The molecule has 1 atom stereocenters. The molecule has 1 saturated heterocycles. The number of piperidine rings is 1. The van der Waals surface area contributed by atoms with Crippen LogP contribution in [-0.2, 0) is 13.0 Å². The van der Waals surface area contributed by atoms with Crippen molar-refractivity contribution in [2.45, 2.75) is 32.7 Å². The van der Waals surface area contributed by atoms with E-state index in [1.165, 1.54) is 29.4 Å². The van der Waals surface area contributed by atoms with Crippen LogP contribution in [0, 0.1) is 5.92 Å². The average Bonchev–Trinajstić information content (AvgIpc) is 3.10. The molecule has 0 spiro atoms. The Balaban J connectivity index is 1.38. The first-order valence-corrected chi connectivity index (χ1v) is 9.41. The van der Waals surface area contributed by atoms with Crippen LogP contribution in [0.15, 0.2) is 48.7 Å². The first-order chi connectivity index (χ1) is 12.7. The van der Waals surface area contributed by atoms with E-state index >= 15 is 0 Å². The molecule has 0 aliphatic carbocycles. The number of Topliss-reactive ketones (excluding diaryl/α,β-unsaturated/α-hetero) is 1. The first-order valence-electron chi connectivity index (χ1n) is 9.41. The normalized spacial score (nSPS) is 18.3. The molecule has 4 rings (SSSR count). The van der Waals surface area contributed by atoms with Crippen molar-refractivity contribution in [1.29, 1.82) is 0 Å². The largest absolute Gasteiger partial charge is 0.299 e. The summed E-state index contributed by atoms with van der Waals surface area (Å²) in [6.07, 6.45) is 5.57. The summed E-state index contributed by atoms with van der Waals surface area (Å²) in [6, 6.07) is 14.7. The maximum Gasteiger partial charge on any atom is 0.159 e. The number of hydrogen-bond donors (Lipinski definition) is 1. The Morgan fingerprint density at radius 3 is 2.81 bits per heavy atom. The third-order valence-corrected chi connectivity index (χ3v) is 5.40. The smallest absolute Gasteiger partial charge is 0.159 e. The lowest BCUT2D eigenvalue weighted by Crippen LogP contribution is -2.35. The quantitative estimate of drug-likeness (QED) is 0.703. The number of nitrogens with one attached hydrogen (secondary N) is 1. The van der Waals surface area contributed by atoms with Crippen LogP contribution in [0.25, 0.3) is 10.9 Å². The van der Waals surface area contributed by atoms with Gasteiger partial charge < -0.3 is 0 Å². The second-order valence-electron chi connectivity index (χ2n) is 7.49. The molecule has 0 radical (unpaired) electrons. The lowest BCUT2D eigenvalue weighted by Gasteiger charge is -2.33. The maximum atomic E-state index is 11.4. The van der Waals surface area contributed by atoms with Crippen LogP contribution in [0.5, 0.6) is 0 Å². The Morgan fingerprint density at radius 1 is 1.19 bits per heavy atom. The molecule has 1 unspecified atom stereocenters. The Morgan fingerprint density at radius 2 is 2.00 bits per heavy atom. The van der Waals surface area contributed by atoms with E-state index in [4.69, 9.17) is 0 Å². The Labute approximate surface area is 154 Å². The number of ketones is 1. The summed E-state index contributed by atoms with van der Waals surface area (Å²) in [4.78, 5) is 14.0. The highest BCUT2D eigenvalue weighted by Crippen LogP contribution is 2.24. The van der Waals surface area contributed by atoms with E-state index < -0.39 is 0 Å². The van der Waals surface area contributed by atoms with Gasteiger partial charge >= 0.3 is 0 Å². The molecule has 3 aromatic rings. The third kappa shape index (κ3) is 3.86. The van der Waals surface area contributed by atoms with Gasteiger partial charge in [0.15, 0.2) is 5.78 Å². The highest BCUT2D eigenvalue weighted by Gasteiger charge is 2.20. The summed E-state index contributed by atoms with van der Waals surface area (Å²) in [5, 5.41) is 8.32. The topological polar surface area (TPSA) is 49.0 Å². The van der Waals surface area contributed by atoms with Gasteiger partial charge in [-0.25, -0.2) is 0 Å². The van der Waals surface area contributed by atoms with Gasteiger partial charge in [0.25, 0.3) is 0 Å². The zero-order chi connectivity index (χ0) is 17.9. The van der Waals surface area contributed by atoms with E-state index in [0.717, 1.165) is 37.1 Å². The van der Waals surface area contributed by atoms with Gasteiger partial charge in [-0.05, 0) is 61.9 Å². The number of hydrogen-bond acceptors (Lipinski definition) is 3. The number of likely N-dealkylation sites (tertiary alicyclic amines) is 1. The minimum Gasteiger partial charge on any atom is -0.299 e. The highest BCUT2D eigenvalue weighted by molar-refractivity contribution is 5.94. The summed E-state index contributed by atoms with van der Waals surface area (Å²) in [5.41, 5.74) is 4.58. The summed E-state index contributed by atoms with van der Waals surface area (Å²) in [6.45, 7) is 4.88. The fraction of sp³-hybridized carbons (Fsp3) is 0.364. The zero-order valence-electron chi connectivity index (χ0n) is 15.2. The number of H-pyrrole nitrogens is 1. The Bertz CT molecular complexity index is 897. The van der Waals surface area contributed by atoms with Crippen LogP contribution in [0.2, 0.25) is 0 Å². The van der Waals surface area contributed by atoms with Gasteiger partial charge in [-0.2, -0.15) is 5.10 Å². The maximum absolute atomic E-state index is 11.4. The molecule has 26 heavy (non-hydrogen) atoms. The molecule has 0 bridgehead atoms. The molecular weight excluding hydrogens is 322 g/mol. The molecule has 1 aliphatic rings. The summed E-state index contributed by atoms with van der Waals surface area (Å²) in [5.74, 6) is 0.828. The van der Waals surface area contributed by atoms with Gasteiger partial charge in [0, 0.05) is 24.0 Å². The molecule has 2 heterocycles. The van der Waals surface area contributed by atoms with Crippen molar-refractivity contribution in [3.63, 3.8) is 0 Å². The van der Waals surface area contributed by atoms with Crippen molar-refractivity contribution in [3.05, 3.63) is 65.4 Å². The molecule has 1 fully saturated rings. The standard InChI is InChI=1S/C22H25N3O/c1-16(26)20-7-4-17(5-8-20)14-25-10-2-3-19(15-25)11-18-6-9-22-21(12-18)13-23-24-22/h4-9,12-13,19H,2-3,10-11,14-15H2,1H3,(H,23,24). The van der Waals surface area contributed by atoms with E-state index in [0.29, 0.717) is 5.92 Å². The minimum absolute atomic E-state index is 0.129. The number of rotatable bonds is 5. The van der Waals surface area contributed by atoms with E-state index in [1.54, 1.807) is 6.92 Å². The van der Waals surface area contributed by atoms with Crippen molar-refractivity contribution in [2.24, 2.45) is 5.92 Å². The van der Waals surface area contributed by atoms with Crippen molar-refractivity contribution in [3.8, 4) is 0 Å². The SMILES string of the molecule is CC(=O)c1ccc(CN2CCCC(Cc3ccc4[nH]ncc4c3)C2)cc1. The van der Waals surface area contributed by atoms with Crippen LogP contribution in [-0.4, -0.2) is 34.0 Å². The van der Waals surface area contributed by atoms with Crippen molar-refractivity contribution in [1.82, 2.24) is 15.1 Å². The summed E-state index contributed by atoms with van der Waals surface area (Å²) in [7, 11) is 0. The second-order valence-corrected chi connectivity index (χ2v) is 7.49. The van der Waals surface area contributed by atoms with Gasteiger partial charge in [-0.1, -0.05) is 30.3 Å². The molecule has 0 amide bonds. The lowest BCUT2D eigenvalue weighted by atomic mass is 9.90. The molecular formula is C22H25N3O. The van der Waals surface area contributed by atoms with Crippen LogP contribution < -0.4 is 0 Å². The number of aromatic amines is 1. The monoisotopic (exact) mass is 347 g/mol. The highest BCUT2D eigenvalue weighted by atomic mass is 16.1. The lowest BCUT2D eigenvalue weighted by molar-refractivity contribution is 0.101. The molecule has 4 nitrogen and oxygen atoms in total. The van der Waals surface area contributed by atoms with Crippen LogP contribution in [0.4, 0.5) is 0 Å². The Kier molecular flexibility index (Phi) is 4.85. The van der Waals surface area contributed by atoms with Gasteiger partial charge in [-0.3, -0.25) is 14.8 Å². The van der Waals surface area contributed by atoms with Crippen LogP contribution in [0.1, 0.15) is 41.3 Å². The van der Waals surface area contributed by atoms with Crippen molar-refractivity contribution >= 4 is 16.7 Å². The van der Waals surface area contributed by atoms with E-state index in [-0.39, 0.29) is 5.78 Å². The summed E-state index contributed by atoms with van der Waals surface area (Å²) >= 11 is 0. The number of fused-ring (bicyclic) bond motifs is 1. The fourth-order valence-corrected chi connectivity index (χ4v) is 4.02. The molecule has 4 heteroatoms. The fourth-order valence-electron chi connectivity index (χ4n) is 4.02. The zero-order valence-corrected chi connectivity index (χ0v) is 15.2. The van der Waals surface area contributed by atoms with Gasteiger partial charge in [0.05, 0.1) is 11.7 Å². The van der Waals surface area contributed by atoms with E-state index in [9.17, 15) is 4.79 Å². The second kappa shape index (κ2) is 7.42. The van der Waals surface area contributed by atoms with Gasteiger partial charge in [0.1, 0.15) is 0 Å². The minimum atomic E-state index is 0.129. The van der Waals surface area contributed by atoms with Crippen molar-refractivity contribution < 1.29 is 4.79 Å². The average molecular weight is 347 g/mol. The van der Waals surface area contributed by atoms with E-state index in [2.05, 4.69) is 45.4 Å². The third-order valence-electron chi connectivity index (χ3n) is 5.40. The molecule has 0 saturated carbocycles. The number of carbonyl (C=O) groups excluding carboxylic acids is 1. The van der Waals surface area contributed by atoms with Gasteiger partial charge in [-0.15, -0.1) is 0 Å². The predicted octanol–water partition coefficient (Wildman–Crippen LogP) is 4.22. The Hall–Kier alpha value is -2.46. The van der Waals surface area contributed by atoms with Crippen molar-refractivity contribution in [2.75, 3.05) is 13.1 Å². The molecule has 1 aliphatic heterocycles. The molecule has 1 aromatic heterocycles. The number of nitrogens with zero attached hydrogens (tertiary/aromatic N) is 2. The van der Waals surface area contributed by atoms with Gasteiger partial charge in [0.2, 0.25) is 0 Å². The van der Waals surface area contributed by atoms with Crippen LogP contribution >= 0.6 is 0 Å². The predicted molar refractivity (Wildman–Crippen MR) is 104 cm³/mol. The number of aromatic nitrogens is 2. The summed E-state index contributed by atoms with van der Waals surface area (Å²) < 4.78 is 0. The molecule has 1 N–H and O–H groups in total. The van der Waals surface area contributed by atoms with E-state index in [1.807, 2.05) is 18.3 Å². The number of carbonyl (C=O) groups is 1. The molecule has 2 aromatic carbocycles. The van der Waals surface area contributed by atoms with Crippen LogP contribution in [0.3, 0.4) is 0 Å².